The zero-order valence-electron chi connectivity index (χ0n) is 23.1. The van der Waals surface area contributed by atoms with E-state index in [2.05, 4.69) is 39.6 Å². The fourth-order valence-corrected chi connectivity index (χ4v) is 7.94. The Morgan fingerprint density at radius 2 is 1.98 bits per heavy atom. The molecule has 0 saturated heterocycles. The van der Waals surface area contributed by atoms with Crippen LogP contribution in [0, 0.1) is 18.3 Å². The average molecular weight is 583 g/mol. The number of amides is 1. The maximum atomic E-state index is 13.4. The van der Waals surface area contributed by atoms with E-state index in [0.717, 1.165) is 55.9 Å². The van der Waals surface area contributed by atoms with Crippen LogP contribution < -0.4 is 19.7 Å². The van der Waals surface area contributed by atoms with E-state index in [1.54, 1.807) is 26.0 Å². The second kappa shape index (κ2) is 10.4. The minimum atomic E-state index is -4.10. The van der Waals surface area contributed by atoms with E-state index in [-0.39, 0.29) is 10.3 Å². The Balaban J connectivity index is 1.43. The predicted octanol–water partition coefficient (Wildman–Crippen LogP) is 4.79. The summed E-state index contributed by atoms with van der Waals surface area (Å²) >= 11 is 6.38. The molecule has 9 heteroatoms. The van der Waals surface area contributed by atoms with Crippen LogP contribution in [0.1, 0.15) is 50.7 Å². The van der Waals surface area contributed by atoms with Gasteiger partial charge in [-0.25, -0.2) is 13.1 Å². The third-order valence-corrected chi connectivity index (χ3v) is 10.8. The highest BCUT2D eigenvalue weighted by atomic mass is 35.5. The van der Waals surface area contributed by atoms with Gasteiger partial charge in [-0.3, -0.25) is 4.79 Å². The van der Waals surface area contributed by atoms with Crippen molar-refractivity contribution in [2.75, 3.05) is 31.1 Å². The Morgan fingerprint density at radius 1 is 1.12 bits per heavy atom. The molecule has 213 valence electrons. The number of hydrogen-bond acceptors (Lipinski definition) is 6. The predicted molar refractivity (Wildman–Crippen MR) is 157 cm³/mol. The van der Waals surface area contributed by atoms with Crippen LogP contribution in [0.15, 0.2) is 53.4 Å². The highest BCUT2D eigenvalue weighted by Gasteiger charge is 2.43. The van der Waals surface area contributed by atoms with Crippen LogP contribution in [0.3, 0.4) is 0 Å². The fourth-order valence-electron chi connectivity index (χ4n) is 6.61. The summed E-state index contributed by atoms with van der Waals surface area (Å²) in [5.41, 5.74) is 2.00. The molecule has 2 aliphatic carbocycles. The summed E-state index contributed by atoms with van der Waals surface area (Å²) in [4.78, 5) is 15.4. The van der Waals surface area contributed by atoms with E-state index in [1.807, 2.05) is 12.1 Å². The number of hydrogen-bond donors (Lipinski definition) is 2. The first-order chi connectivity index (χ1) is 19.1. The molecule has 0 unspecified atom stereocenters. The topological polar surface area (TPSA) is 87.7 Å². The van der Waals surface area contributed by atoms with Crippen molar-refractivity contribution in [1.82, 2.24) is 10.0 Å². The Morgan fingerprint density at radius 3 is 2.77 bits per heavy atom. The van der Waals surface area contributed by atoms with Gasteiger partial charge >= 0.3 is 0 Å². The van der Waals surface area contributed by atoms with E-state index in [0.29, 0.717) is 30.7 Å². The number of allylic oxidation sites excluding steroid dienone is 1. The Hall–Kier alpha value is -2.55. The molecule has 6 rings (SSSR count). The van der Waals surface area contributed by atoms with Crippen LogP contribution >= 0.6 is 11.6 Å². The van der Waals surface area contributed by atoms with E-state index >= 15 is 0 Å². The molecule has 3 atom stereocenters. The summed E-state index contributed by atoms with van der Waals surface area (Å²) in [7, 11) is -4.10. The van der Waals surface area contributed by atoms with Gasteiger partial charge in [-0.05, 0) is 106 Å². The number of carbonyl (C=O) groups is 1. The van der Waals surface area contributed by atoms with Crippen LogP contribution in [0.4, 0.5) is 5.69 Å². The van der Waals surface area contributed by atoms with Crippen LogP contribution in [-0.4, -0.2) is 46.1 Å². The van der Waals surface area contributed by atoms with E-state index < -0.39 is 21.5 Å². The molecule has 40 heavy (non-hydrogen) atoms. The maximum absolute atomic E-state index is 13.4. The molecule has 7 nitrogen and oxygen atoms in total. The molecular formula is C31H37ClN3O4S. The molecule has 1 fully saturated rings. The quantitative estimate of drug-likeness (QED) is 0.465. The van der Waals surface area contributed by atoms with Crippen molar-refractivity contribution in [3.63, 3.8) is 0 Å². The fraction of sp³-hybridized carbons (Fsp3) is 0.484. The number of halogens is 1. The lowest BCUT2D eigenvalue weighted by molar-refractivity contribution is -0.124. The number of nitrogens with zero attached hydrogens (tertiary/aromatic N) is 1. The first kappa shape index (κ1) is 27.6. The van der Waals surface area contributed by atoms with Crippen LogP contribution in [0.25, 0.3) is 0 Å². The van der Waals surface area contributed by atoms with Crippen molar-refractivity contribution < 1.29 is 17.9 Å². The number of sulfonamides is 1. The standard InChI is InChI=1S/C31H37ClN3O4S/c1-30(2)29(36)34-40(37,38)25-11-13-28-27(17-25)35(18-23-9-8-21(23)6-3-4-15-33-30)19-31(20-39-28)14-5-7-22-16-24(32)10-12-26(22)31/h3-4,6,10-13,16-17,21,23,33H,5,7-9,14-15,18-20H2,1-2H3,(H,34,36)/b4-3+/t21-,23+,31+/m1/s1. The molecule has 1 radical (unpaired) electrons. The van der Waals surface area contributed by atoms with Crippen molar-refractivity contribution in [3.05, 3.63) is 71.1 Å². The molecule has 2 aromatic rings. The first-order valence-corrected chi connectivity index (χ1v) is 16.1. The number of anilines is 1. The summed E-state index contributed by atoms with van der Waals surface area (Å²) in [5.74, 6) is 0.980. The van der Waals surface area contributed by atoms with E-state index in [9.17, 15) is 13.2 Å². The highest BCUT2D eigenvalue weighted by Crippen LogP contribution is 2.46. The van der Waals surface area contributed by atoms with Gasteiger partial charge < -0.3 is 15.0 Å². The zero-order chi connectivity index (χ0) is 28.1. The molecule has 1 amide bonds. The van der Waals surface area contributed by atoms with Crippen LogP contribution in [0.5, 0.6) is 5.75 Å². The number of ether oxygens (including phenoxy) is 1. The number of nitrogens with one attached hydrogen (secondary N) is 2. The Bertz CT molecular complexity index is 1460. The molecule has 0 aromatic heterocycles. The summed E-state index contributed by atoms with van der Waals surface area (Å²) in [6.45, 7) is 5.86. The third-order valence-electron chi connectivity index (χ3n) is 9.20. The lowest BCUT2D eigenvalue weighted by Gasteiger charge is -2.44. The number of carbonyl (C=O) groups excluding carboxylic acids is 1. The summed E-state index contributed by atoms with van der Waals surface area (Å²) in [6, 6.07) is 11.2. The Kier molecular flexibility index (Phi) is 7.16. The molecule has 2 heterocycles. The number of benzene rings is 2. The number of fused-ring (bicyclic) bond motifs is 4. The van der Waals surface area contributed by atoms with Gasteiger partial charge in [0.25, 0.3) is 15.9 Å². The van der Waals surface area contributed by atoms with Crippen LogP contribution in [-0.2, 0) is 26.7 Å². The minimum Gasteiger partial charge on any atom is -0.490 e. The van der Waals surface area contributed by atoms with Gasteiger partial charge in [-0.15, -0.1) is 0 Å². The summed E-state index contributed by atoms with van der Waals surface area (Å²) in [6.07, 6.45) is 11.6. The number of rotatable bonds is 0. The lowest BCUT2D eigenvalue weighted by atomic mass is 9.69. The second-order valence-electron chi connectivity index (χ2n) is 12.3. The summed E-state index contributed by atoms with van der Waals surface area (Å²) in [5, 5.41) is 3.89. The molecule has 4 aliphatic rings. The third kappa shape index (κ3) is 5.14. The SMILES string of the molecule is CC1(C)NC/C=C/[CH][C@@H]2CC[C@H]2CN2C[C@@]3(CCCc4cc(Cl)ccc43)COc3ccc(cc32)S(=O)(=O)NC1=O. The van der Waals surface area contributed by atoms with Gasteiger partial charge in [0, 0.05) is 30.1 Å². The van der Waals surface area contributed by atoms with Crippen molar-refractivity contribution in [2.45, 2.75) is 61.8 Å². The largest absolute Gasteiger partial charge is 0.490 e. The van der Waals surface area contributed by atoms with Gasteiger partial charge in [-0.1, -0.05) is 29.8 Å². The van der Waals surface area contributed by atoms with Crippen molar-refractivity contribution in [3.8, 4) is 5.75 Å². The molecule has 2 bridgehead atoms. The van der Waals surface area contributed by atoms with Crippen molar-refractivity contribution in [2.24, 2.45) is 11.8 Å². The smallest absolute Gasteiger partial charge is 0.264 e. The second-order valence-corrected chi connectivity index (χ2v) is 14.4. The van der Waals surface area contributed by atoms with Gasteiger partial charge in [0.1, 0.15) is 5.75 Å². The van der Waals surface area contributed by atoms with E-state index in [4.69, 9.17) is 16.3 Å². The first-order valence-electron chi connectivity index (χ1n) is 14.2. The normalized spacial score (nSPS) is 30.1. The monoisotopic (exact) mass is 582 g/mol. The van der Waals surface area contributed by atoms with Crippen LogP contribution in [0.2, 0.25) is 5.02 Å². The molecule has 2 aliphatic heterocycles. The van der Waals surface area contributed by atoms with Crippen molar-refractivity contribution >= 4 is 33.2 Å². The average Bonchev–Trinajstić information content (AvgIpc) is 3.05. The van der Waals surface area contributed by atoms with Gasteiger partial charge in [0.15, 0.2) is 0 Å². The maximum Gasteiger partial charge on any atom is 0.264 e. The molecule has 1 spiro atoms. The van der Waals surface area contributed by atoms with Gasteiger partial charge in [0.05, 0.1) is 22.7 Å². The minimum absolute atomic E-state index is 0.0551. The molecule has 2 N–H and O–H groups in total. The molecule has 1 saturated carbocycles. The summed E-state index contributed by atoms with van der Waals surface area (Å²) < 4.78 is 35.7. The number of aryl methyl sites for hydroxylation is 1. The molecule has 2 aromatic carbocycles. The van der Waals surface area contributed by atoms with Gasteiger partial charge in [-0.2, -0.15) is 0 Å². The lowest BCUT2D eigenvalue weighted by Crippen LogP contribution is -2.54. The van der Waals surface area contributed by atoms with E-state index in [1.165, 1.54) is 17.2 Å². The van der Waals surface area contributed by atoms with Crippen molar-refractivity contribution in [1.29, 1.82) is 0 Å². The molecular weight excluding hydrogens is 546 g/mol. The highest BCUT2D eigenvalue weighted by molar-refractivity contribution is 7.90. The zero-order valence-corrected chi connectivity index (χ0v) is 24.7. The Labute approximate surface area is 242 Å². The van der Waals surface area contributed by atoms with Gasteiger partial charge in [0.2, 0.25) is 0 Å².